The van der Waals surface area contributed by atoms with Gasteiger partial charge in [-0.15, -0.1) is 0 Å². The van der Waals surface area contributed by atoms with Crippen LogP contribution in [0.2, 0.25) is 10.0 Å². The molecule has 3 N–H and O–H groups in total. The number of unbranched alkanes of at least 4 members (excludes halogenated alkanes) is 1. The summed E-state index contributed by atoms with van der Waals surface area (Å²) in [6, 6.07) is 41.7. The molecule has 0 aliphatic rings. The molecule has 434 valence electrons. The number of nitrogens with zero attached hydrogens (tertiary/aromatic N) is 5. The molecule has 10 aromatic rings. The lowest BCUT2D eigenvalue weighted by atomic mass is 10.1. The fraction of sp³-hybridized carbons (Fsp3) is 0.213. The summed E-state index contributed by atoms with van der Waals surface area (Å²) >= 11 is 12.9. The van der Waals surface area contributed by atoms with Crippen molar-refractivity contribution in [1.82, 2.24) is 25.0 Å². The van der Waals surface area contributed by atoms with Gasteiger partial charge < -0.3 is 34.1 Å². The van der Waals surface area contributed by atoms with E-state index in [1.807, 2.05) is 54.6 Å². The van der Waals surface area contributed by atoms with Gasteiger partial charge in [-0.05, 0) is 145 Å². The van der Waals surface area contributed by atoms with Gasteiger partial charge in [0.05, 0.1) is 33.4 Å². The van der Waals surface area contributed by atoms with E-state index < -0.39 is 19.7 Å². The van der Waals surface area contributed by atoms with Crippen molar-refractivity contribution < 1.29 is 49.1 Å². The normalized spacial score (nSPS) is 11.4. The lowest BCUT2D eigenvalue weighted by Gasteiger charge is -2.12. The first kappa shape index (κ1) is 62.6. The molecule has 16 nitrogen and oxygen atoms in total. The van der Waals surface area contributed by atoms with Gasteiger partial charge in [0.1, 0.15) is 103 Å². The number of hydroxylamine groups is 2. The fourth-order valence-electron chi connectivity index (χ4n) is 8.34. The van der Waals surface area contributed by atoms with Gasteiger partial charge in [0.2, 0.25) is 0 Å². The molecule has 0 radical (unpaired) electrons. The highest BCUT2D eigenvalue weighted by Crippen LogP contribution is 2.35. The van der Waals surface area contributed by atoms with Crippen molar-refractivity contribution in [2.75, 3.05) is 41.2 Å². The largest absolute Gasteiger partial charge is 0.487 e. The number of nitrogens with one attached hydrogen (secondary N) is 2. The van der Waals surface area contributed by atoms with Gasteiger partial charge in [-0.25, -0.2) is 45.6 Å². The van der Waals surface area contributed by atoms with Gasteiger partial charge in [0, 0.05) is 64.5 Å². The molecule has 6 aromatic carbocycles. The third kappa shape index (κ3) is 18.0. The van der Waals surface area contributed by atoms with Crippen molar-refractivity contribution in [1.29, 1.82) is 0 Å². The predicted molar refractivity (Wildman–Crippen MR) is 323 cm³/mol. The summed E-state index contributed by atoms with van der Waals surface area (Å²) < 4.78 is 95.7. The van der Waals surface area contributed by atoms with Crippen molar-refractivity contribution in [3.63, 3.8) is 0 Å². The number of hydrogen-bond acceptors (Lipinski definition) is 16. The van der Waals surface area contributed by atoms with Gasteiger partial charge in [-0.2, -0.15) is 5.06 Å². The minimum absolute atomic E-state index is 0. The topological polar surface area (TPSA) is 212 Å². The zero-order valence-electron chi connectivity index (χ0n) is 43.7. The molecule has 0 fully saturated rings. The Kier molecular flexibility index (Phi) is 21.4. The van der Waals surface area contributed by atoms with E-state index in [-0.39, 0.29) is 64.3 Å². The second-order valence-electron chi connectivity index (χ2n) is 18.9. The molecule has 0 spiro atoms. The first-order valence-electron chi connectivity index (χ1n) is 25.2. The van der Waals surface area contributed by atoms with Crippen LogP contribution >= 0.6 is 23.2 Å². The van der Waals surface area contributed by atoms with E-state index >= 15 is 0 Å². The fourth-order valence-corrected chi connectivity index (χ4v) is 10.1. The number of aromatic nitrogens is 4. The molecule has 0 amide bonds. The first-order chi connectivity index (χ1) is 38.9. The zero-order chi connectivity index (χ0) is 57.1. The molecule has 0 aliphatic heterocycles. The Morgan fingerprint density at radius 1 is 0.566 bits per heavy atom. The van der Waals surface area contributed by atoms with E-state index in [4.69, 9.17) is 41.5 Å². The number of anilines is 4. The van der Waals surface area contributed by atoms with Crippen LogP contribution in [0, 0.1) is 11.6 Å². The Morgan fingerprint density at radius 3 is 1.52 bits per heavy atom. The minimum Gasteiger partial charge on any atom is -0.487 e. The number of halogens is 4. The molecule has 0 unspecified atom stereocenters. The standard InChI is InChI=1S/C30H27ClFN3O4S.C29H26ClFN4O5S.2CH4/c1-40(36,37)14-3-2-7-24-10-13-28(39-24)21-8-11-27-25(16-21)30(34-19-33-27)35-23-9-12-29(26(31)17-23)38-18-20-5-4-6-22(32)15-20;1-41(37,38)12-11-35(36)16-23-7-10-27(40-23)20-5-8-26-24(14-20)29(33-18-32-26)34-22-6-9-28(25(30)15-22)39-17-19-3-2-4-21(31)13-19;;/h4-6,8-13,15-17,19H,2-3,7,14,18H2,1H3,(H,33,34,35);2-10,13-15,18,36H,11-12,16-17H2,1H3,(H,32,33,34);2*1H4. The van der Waals surface area contributed by atoms with Gasteiger partial charge in [0.15, 0.2) is 0 Å². The number of ether oxygens (including phenoxy) is 2. The molecule has 0 aliphatic carbocycles. The number of benzene rings is 6. The summed E-state index contributed by atoms with van der Waals surface area (Å²) in [6.45, 7) is 0.386. The molecule has 0 atom stereocenters. The Balaban J connectivity index is 0.000000233. The van der Waals surface area contributed by atoms with Crippen LogP contribution < -0.4 is 20.1 Å². The van der Waals surface area contributed by atoms with Crippen LogP contribution in [0.25, 0.3) is 44.5 Å². The summed E-state index contributed by atoms with van der Waals surface area (Å²) in [5.41, 5.74) is 5.89. The molecule has 0 saturated carbocycles. The van der Waals surface area contributed by atoms with Crippen LogP contribution in [-0.4, -0.2) is 77.6 Å². The number of sulfone groups is 2. The highest BCUT2D eigenvalue weighted by atomic mass is 35.5. The molecular formula is C61H61Cl2F2N7O9S2. The van der Waals surface area contributed by atoms with Crippen molar-refractivity contribution in [2.45, 2.75) is 53.9 Å². The average Bonchev–Trinajstić information content (AvgIpc) is 4.13. The van der Waals surface area contributed by atoms with Crippen LogP contribution in [0.1, 0.15) is 50.3 Å². The molecule has 22 heteroatoms. The molecule has 4 aromatic heterocycles. The smallest absolute Gasteiger partial charge is 0.148 e. The van der Waals surface area contributed by atoms with Crippen LogP contribution in [0.15, 0.2) is 167 Å². The molecular weight excluding hydrogens is 1150 g/mol. The maximum atomic E-state index is 13.4. The summed E-state index contributed by atoms with van der Waals surface area (Å²) in [5, 5.41) is 19.8. The van der Waals surface area contributed by atoms with E-state index in [2.05, 4.69) is 30.6 Å². The van der Waals surface area contributed by atoms with Crippen LogP contribution in [0.3, 0.4) is 0 Å². The van der Waals surface area contributed by atoms with E-state index in [9.17, 15) is 30.8 Å². The Hall–Kier alpha value is -7.98. The minimum atomic E-state index is -3.19. The van der Waals surface area contributed by atoms with Crippen LogP contribution in [-0.2, 0) is 45.9 Å². The highest BCUT2D eigenvalue weighted by molar-refractivity contribution is 7.90. The summed E-state index contributed by atoms with van der Waals surface area (Å²) in [7, 11) is -6.15. The molecule has 0 bridgehead atoms. The Labute approximate surface area is 490 Å². The first-order valence-corrected chi connectivity index (χ1v) is 30.1. The van der Waals surface area contributed by atoms with Gasteiger partial charge >= 0.3 is 0 Å². The average molecular weight is 1210 g/mol. The maximum Gasteiger partial charge on any atom is 0.148 e. The lowest BCUT2D eigenvalue weighted by Crippen LogP contribution is -2.25. The third-order valence-electron chi connectivity index (χ3n) is 12.4. The molecule has 0 saturated heterocycles. The van der Waals surface area contributed by atoms with Crippen LogP contribution in [0.4, 0.5) is 31.8 Å². The maximum absolute atomic E-state index is 13.4. The number of furan rings is 2. The van der Waals surface area contributed by atoms with E-state index in [1.54, 1.807) is 66.7 Å². The Bertz CT molecular complexity index is 4080. The number of fused-ring (bicyclic) bond motifs is 2. The summed E-state index contributed by atoms with van der Waals surface area (Å²) in [5.74, 6) is 4.02. The van der Waals surface area contributed by atoms with Crippen molar-refractivity contribution in [2.24, 2.45) is 0 Å². The zero-order valence-corrected chi connectivity index (χ0v) is 46.8. The predicted octanol–water partition coefficient (Wildman–Crippen LogP) is 14.9. The van der Waals surface area contributed by atoms with Crippen molar-refractivity contribution in [3.8, 4) is 34.1 Å². The summed E-state index contributed by atoms with van der Waals surface area (Å²) in [4.78, 5) is 17.6. The van der Waals surface area contributed by atoms with Crippen molar-refractivity contribution >= 4 is 87.7 Å². The number of rotatable bonds is 22. The quantitative estimate of drug-likeness (QED) is 0.0425. The number of aryl methyl sites for hydroxylation is 1. The van der Waals surface area contributed by atoms with Gasteiger partial charge in [0.25, 0.3) is 0 Å². The molecule has 10 rings (SSSR count). The Morgan fingerprint density at radius 2 is 1.05 bits per heavy atom. The second-order valence-corrected chi connectivity index (χ2v) is 24.3. The summed E-state index contributed by atoms with van der Waals surface area (Å²) in [6.07, 6.45) is 7.32. The van der Waals surface area contributed by atoms with E-state index in [0.717, 1.165) is 50.9 Å². The highest BCUT2D eigenvalue weighted by Gasteiger charge is 2.16. The molecule has 83 heavy (non-hydrogen) atoms. The third-order valence-corrected chi connectivity index (χ3v) is 14.9. The van der Waals surface area contributed by atoms with E-state index in [0.29, 0.717) is 91.3 Å². The molecule has 4 heterocycles. The van der Waals surface area contributed by atoms with Gasteiger partial charge in [-0.3, -0.25) is 0 Å². The lowest BCUT2D eigenvalue weighted by molar-refractivity contribution is -0.0977. The van der Waals surface area contributed by atoms with Crippen LogP contribution in [0.5, 0.6) is 11.5 Å². The SMILES string of the molecule is C.C.CS(=O)(=O)CCCCc1ccc(-c2ccc3ncnc(Nc4ccc(OCc5cccc(F)c5)c(Cl)c4)c3c2)o1.CS(=O)(=O)CCN(O)Cc1ccc(-c2ccc3ncnc(Nc4ccc(OCc5cccc(F)c5)c(Cl)c4)c3c2)o1. The second kappa shape index (κ2) is 28.3. The van der Waals surface area contributed by atoms with E-state index in [1.165, 1.54) is 43.2 Å². The van der Waals surface area contributed by atoms with Crippen molar-refractivity contribution in [3.05, 3.63) is 203 Å². The number of hydrogen-bond donors (Lipinski definition) is 3. The van der Waals surface area contributed by atoms with Gasteiger partial charge in [-0.1, -0.05) is 62.3 Å². The monoisotopic (exact) mass is 1210 g/mol.